The predicted octanol–water partition coefficient (Wildman–Crippen LogP) is 4.94. The van der Waals surface area contributed by atoms with Gasteiger partial charge >= 0.3 is 0 Å². The van der Waals surface area contributed by atoms with Gasteiger partial charge in [-0.1, -0.05) is 56.3 Å². The quantitative estimate of drug-likeness (QED) is 0.723. The molecule has 1 heterocycles. The molecule has 0 radical (unpaired) electrons. The Morgan fingerprint density at radius 2 is 1.79 bits per heavy atom. The van der Waals surface area contributed by atoms with Crippen molar-refractivity contribution < 1.29 is 4.74 Å². The highest BCUT2D eigenvalue weighted by Crippen LogP contribution is 2.33. The lowest BCUT2D eigenvalue weighted by molar-refractivity contribution is 0.420. The number of hydrogen-bond acceptors (Lipinski definition) is 3. The van der Waals surface area contributed by atoms with Gasteiger partial charge < -0.3 is 10.1 Å². The molecule has 3 heteroatoms. The van der Waals surface area contributed by atoms with Crippen molar-refractivity contribution in [3.05, 3.63) is 65.9 Å². The van der Waals surface area contributed by atoms with Crippen LogP contribution in [0.1, 0.15) is 25.0 Å². The molecule has 0 fully saturated rings. The molecular weight excluding hydrogens is 296 g/mol. The lowest BCUT2D eigenvalue weighted by Gasteiger charge is -2.26. The summed E-state index contributed by atoms with van der Waals surface area (Å²) in [4.78, 5) is 4.62. The third-order valence-corrected chi connectivity index (χ3v) is 4.55. The smallest absolute Gasteiger partial charge is 0.137 e. The highest BCUT2D eigenvalue weighted by molar-refractivity contribution is 5.98. The number of aromatic nitrogens is 1. The summed E-state index contributed by atoms with van der Waals surface area (Å²) in [7, 11) is 1.70. The first-order valence-corrected chi connectivity index (χ1v) is 8.24. The van der Waals surface area contributed by atoms with Crippen LogP contribution in [-0.4, -0.2) is 18.6 Å². The van der Waals surface area contributed by atoms with Crippen molar-refractivity contribution in [2.45, 2.75) is 26.2 Å². The minimum Gasteiger partial charge on any atom is -0.496 e. The Hall–Kier alpha value is -2.55. The lowest BCUT2D eigenvalue weighted by Crippen LogP contribution is -2.28. The van der Waals surface area contributed by atoms with E-state index in [2.05, 4.69) is 61.4 Å². The predicted molar refractivity (Wildman–Crippen MR) is 101 cm³/mol. The molecular formula is C21H24N2O. The number of aryl methyl sites for hydroxylation is 1. The lowest BCUT2D eigenvalue weighted by atomic mass is 9.84. The third-order valence-electron chi connectivity index (χ3n) is 4.55. The molecule has 0 amide bonds. The van der Waals surface area contributed by atoms with E-state index in [1.807, 2.05) is 24.4 Å². The molecule has 0 bridgehead atoms. The van der Waals surface area contributed by atoms with Crippen molar-refractivity contribution in [1.82, 2.24) is 4.98 Å². The van der Waals surface area contributed by atoms with Crippen LogP contribution < -0.4 is 10.1 Å². The summed E-state index contributed by atoms with van der Waals surface area (Å²) in [5, 5.41) is 5.75. The number of anilines is 1. The highest BCUT2D eigenvalue weighted by Gasteiger charge is 2.21. The van der Waals surface area contributed by atoms with Gasteiger partial charge in [0.05, 0.1) is 12.5 Å². The van der Waals surface area contributed by atoms with Crippen LogP contribution >= 0.6 is 0 Å². The minimum atomic E-state index is 0.00215. The summed E-state index contributed by atoms with van der Waals surface area (Å²) >= 11 is 0. The SMILES string of the molecule is COc1cccc2c(C)cnc(NCC(C)(C)c3ccccc3)c12. The van der Waals surface area contributed by atoms with Gasteiger partial charge in [0.1, 0.15) is 11.6 Å². The molecule has 0 aliphatic heterocycles. The van der Waals surface area contributed by atoms with E-state index in [9.17, 15) is 0 Å². The van der Waals surface area contributed by atoms with E-state index in [1.165, 1.54) is 10.9 Å². The van der Waals surface area contributed by atoms with Crippen LogP contribution in [0.3, 0.4) is 0 Å². The van der Waals surface area contributed by atoms with Gasteiger partial charge in [0.15, 0.2) is 0 Å². The zero-order chi connectivity index (χ0) is 17.2. The molecule has 0 unspecified atom stereocenters. The van der Waals surface area contributed by atoms with Crippen molar-refractivity contribution in [3.8, 4) is 5.75 Å². The van der Waals surface area contributed by atoms with Crippen LogP contribution in [0.15, 0.2) is 54.7 Å². The molecule has 0 saturated carbocycles. The Labute approximate surface area is 143 Å². The van der Waals surface area contributed by atoms with Crippen molar-refractivity contribution >= 4 is 16.6 Å². The molecule has 3 rings (SSSR count). The van der Waals surface area contributed by atoms with Crippen LogP contribution in [0.25, 0.3) is 10.8 Å². The molecule has 3 aromatic rings. The molecule has 24 heavy (non-hydrogen) atoms. The zero-order valence-electron chi connectivity index (χ0n) is 14.8. The van der Waals surface area contributed by atoms with Gasteiger partial charge in [0.2, 0.25) is 0 Å². The maximum Gasteiger partial charge on any atom is 0.137 e. The van der Waals surface area contributed by atoms with Crippen molar-refractivity contribution in [2.24, 2.45) is 0 Å². The first-order chi connectivity index (χ1) is 11.5. The zero-order valence-corrected chi connectivity index (χ0v) is 14.8. The summed E-state index contributed by atoms with van der Waals surface area (Å²) in [6.45, 7) is 7.35. The minimum absolute atomic E-state index is 0.00215. The summed E-state index contributed by atoms with van der Waals surface area (Å²) < 4.78 is 5.56. The summed E-state index contributed by atoms with van der Waals surface area (Å²) in [6, 6.07) is 16.7. The topological polar surface area (TPSA) is 34.1 Å². The van der Waals surface area contributed by atoms with Crippen molar-refractivity contribution in [1.29, 1.82) is 0 Å². The molecule has 1 aromatic heterocycles. The van der Waals surface area contributed by atoms with Crippen LogP contribution in [0, 0.1) is 6.92 Å². The molecule has 2 aromatic carbocycles. The van der Waals surface area contributed by atoms with Gasteiger partial charge in [0, 0.05) is 18.2 Å². The second-order valence-corrected chi connectivity index (χ2v) is 6.78. The number of ether oxygens (including phenoxy) is 1. The normalized spacial score (nSPS) is 11.5. The number of methoxy groups -OCH3 is 1. The number of nitrogens with one attached hydrogen (secondary N) is 1. The van der Waals surface area contributed by atoms with E-state index in [1.54, 1.807) is 7.11 Å². The van der Waals surface area contributed by atoms with Crippen molar-refractivity contribution in [2.75, 3.05) is 19.0 Å². The highest BCUT2D eigenvalue weighted by atomic mass is 16.5. The van der Waals surface area contributed by atoms with Crippen LogP contribution in [0.5, 0.6) is 5.75 Å². The average molecular weight is 320 g/mol. The molecule has 0 spiro atoms. The maximum absolute atomic E-state index is 5.56. The summed E-state index contributed by atoms with van der Waals surface area (Å²) in [5.41, 5.74) is 2.46. The number of fused-ring (bicyclic) bond motifs is 1. The number of pyridine rings is 1. The maximum atomic E-state index is 5.56. The van der Waals surface area contributed by atoms with E-state index in [-0.39, 0.29) is 5.41 Å². The van der Waals surface area contributed by atoms with Crippen LogP contribution in [0.4, 0.5) is 5.82 Å². The van der Waals surface area contributed by atoms with E-state index in [4.69, 9.17) is 4.74 Å². The standard InChI is InChI=1S/C21H24N2O/c1-15-13-22-20(19-17(15)11-8-12-18(19)24-4)23-14-21(2,3)16-9-6-5-7-10-16/h5-13H,14H2,1-4H3,(H,22,23). The van der Waals surface area contributed by atoms with Crippen molar-refractivity contribution in [3.63, 3.8) is 0 Å². The number of benzene rings is 2. The van der Waals surface area contributed by atoms with Gasteiger partial charge in [-0.3, -0.25) is 0 Å². The Bertz CT molecular complexity index is 841. The fourth-order valence-corrected chi connectivity index (χ4v) is 3.00. The molecule has 1 N–H and O–H groups in total. The number of hydrogen-bond donors (Lipinski definition) is 1. The molecule has 0 aliphatic carbocycles. The molecule has 0 aliphatic rings. The van der Waals surface area contributed by atoms with Gasteiger partial charge in [0.25, 0.3) is 0 Å². The van der Waals surface area contributed by atoms with E-state index in [0.717, 1.165) is 29.1 Å². The Balaban J connectivity index is 1.95. The first kappa shape index (κ1) is 16.3. The largest absolute Gasteiger partial charge is 0.496 e. The second kappa shape index (κ2) is 6.52. The van der Waals surface area contributed by atoms with E-state index < -0.39 is 0 Å². The van der Waals surface area contributed by atoms with Gasteiger partial charge in [-0.15, -0.1) is 0 Å². The van der Waals surface area contributed by atoms with Crippen LogP contribution in [-0.2, 0) is 5.41 Å². The van der Waals surface area contributed by atoms with E-state index >= 15 is 0 Å². The Morgan fingerprint density at radius 3 is 2.50 bits per heavy atom. The van der Waals surface area contributed by atoms with Gasteiger partial charge in [-0.2, -0.15) is 0 Å². The third kappa shape index (κ3) is 3.07. The average Bonchev–Trinajstić information content (AvgIpc) is 2.61. The monoisotopic (exact) mass is 320 g/mol. The van der Waals surface area contributed by atoms with Gasteiger partial charge in [-0.25, -0.2) is 4.98 Å². The molecule has 0 atom stereocenters. The molecule has 124 valence electrons. The Kier molecular flexibility index (Phi) is 4.43. The second-order valence-electron chi connectivity index (χ2n) is 6.78. The number of rotatable bonds is 5. The number of nitrogens with zero attached hydrogens (tertiary/aromatic N) is 1. The van der Waals surface area contributed by atoms with Crippen LogP contribution in [0.2, 0.25) is 0 Å². The summed E-state index contributed by atoms with van der Waals surface area (Å²) in [6.07, 6.45) is 1.92. The fraction of sp³-hybridized carbons (Fsp3) is 0.286. The fourth-order valence-electron chi connectivity index (χ4n) is 3.00. The first-order valence-electron chi connectivity index (χ1n) is 8.24. The Morgan fingerprint density at radius 1 is 1.04 bits per heavy atom. The molecule has 0 saturated heterocycles. The molecule has 3 nitrogen and oxygen atoms in total. The van der Waals surface area contributed by atoms with Gasteiger partial charge in [-0.05, 0) is 29.5 Å². The van der Waals surface area contributed by atoms with E-state index in [0.29, 0.717) is 0 Å². The summed E-state index contributed by atoms with van der Waals surface area (Å²) in [5.74, 6) is 1.72.